The zero-order chi connectivity index (χ0) is 13.5. The predicted octanol–water partition coefficient (Wildman–Crippen LogP) is 3.57. The molecule has 0 atom stereocenters. The molecule has 1 aromatic heterocycles. The van der Waals surface area contributed by atoms with E-state index in [-0.39, 0.29) is 0 Å². The first-order chi connectivity index (χ1) is 9.33. The molecule has 0 saturated heterocycles. The van der Waals surface area contributed by atoms with Gasteiger partial charge < -0.3 is 14.6 Å². The molecule has 0 bridgehead atoms. The zero-order valence-electron chi connectivity index (χ0n) is 11.6. The molecule has 4 nitrogen and oxygen atoms in total. The zero-order valence-corrected chi connectivity index (χ0v) is 11.6. The van der Waals surface area contributed by atoms with Crippen LogP contribution in [0.2, 0.25) is 0 Å². The summed E-state index contributed by atoms with van der Waals surface area (Å²) in [5.74, 6) is 0.892. The molecular weight excluding hydrogens is 238 g/mol. The average Bonchev–Trinajstić information content (AvgIpc) is 2.84. The Hall–Kier alpha value is -1.81. The summed E-state index contributed by atoms with van der Waals surface area (Å²) in [6, 6.07) is 8.20. The van der Waals surface area contributed by atoms with Crippen molar-refractivity contribution in [3.63, 3.8) is 0 Å². The van der Waals surface area contributed by atoms with E-state index in [4.69, 9.17) is 4.74 Å². The minimum atomic E-state index is 0.625. The maximum absolute atomic E-state index is 5.15. The van der Waals surface area contributed by atoms with Gasteiger partial charge >= 0.3 is 0 Å². The van der Waals surface area contributed by atoms with Gasteiger partial charge in [-0.1, -0.05) is 25.5 Å². The fourth-order valence-corrected chi connectivity index (χ4v) is 1.98. The number of aryl methyl sites for hydroxylation is 1. The molecule has 19 heavy (non-hydrogen) atoms. The summed E-state index contributed by atoms with van der Waals surface area (Å²) < 4.78 is 7.29. The van der Waals surface area contributed by atoms with E-state index in [0.29, 0.717) is 6.61 Å². The number of methoxy groups -OCH3 is 1. The second kappa shape index (κ2) is 6.95. The number of hydrogen-bond acceptors (Lipinski definition) is 3. The lowest BCUT2D eigenvalue weighted by atomic mass is 10.2. The van der Waals surface area contributed by atoms with Gasteiger partial charge in [-0.15, -0.1) is 0 Å². The molecule has 1 aromatic carbocycles. The summed E-state index contributed by atoms with van der Waals surface area (Å²) in [5, 5.41) is 3.36. The molecular formula is C15H21N3O. The third-order valence-corrected chi connectivity index (χ3v) is 2.96. The number of imidazole rings is 1. The SMILES string of the molecule is CCCCn1ccnc1Nc1cccc(COC)c1. The fourth-order valence-electron chi connectivity index (χ4n) is 1.98. The minimum Gasteiger partial charge on any atom is -0.380 e. The second-order valence-electron chi connectivity index (χ2n) is 4.56. The van der Waals surface area contributed by atoms with Crippen LogP contribution in [0, 0.1) is 0 Å². The maximum Gasteiger partial charge on any atom is 0.207 e. The summed E-state index contributed by atoms with van der Waals surface area (Å²) in [7, 11) is 1.71. The Balaban J connectivity index is 2.08. The Morgan fingerprint density at radius 3 is 3.05 bits per heavy atom. The van der Waals surface area contributed by atoms with E-state index in [9.17, 15) is 0 Å². The van der Waals surface area contributed by atoms with E-state index in [1.165, 1.54) is 6.42 Å². The molecule has 2 rings (SSSR count). The fraction of sp³-hybridized carbons (Fsp3) is 0.400. The summed E-state index contributed by atoms with van der Waals surface area (Å²) in [5.41, 5.74) is 2.19. The molecule has 2 aromatic rings. The van der Waals surface area contributed by atoms with Crippen molar-refractivity contribution in [1.29, 1.82) is 0 Å². The number of nitrogens with zero attached hydrogens (tertiary/aromatic N) is 2. The van der Waals surface area contributed by atoms with Crippen LogP contribution in [-0.2, 0) is 17.9 Å². The van der Waals surface area contributed by atoms with Gasteiger partial charge in [0.25, 0.3) is 0 Å². The average molecular weight is 259 g/mol. The lowest BCUT2D eigenvalue weighted by Gasteiger charge is -2.10. The number of ether oxygens (including phenoxy) is 1. The third-order valence-electron chi connectivity index (χ3n) is 2.96. The van der Waals surface area contributed by atoms with Crippen molar-refractivity contribution >= 4 is 11.6 Å². The molecule has 0 aliphatic heterocycles. The molecule has 0 amide bonds. The standard InChI is InChI=1S/C15H21N3O/c1-3-4-9-18-10-8-16-15(18)17-14-7-5-6-13(11-14)12-19-2/h5-8,10-11H,3-4,9,12H2,1-2H3,(H,16,17). The van der Waals surface area contributed by atoms with Crippen LogP contribution >= 0.6 is 0 Å². The van der Waals surface area contributed by atoms with Gasteiger partial charge in [0.05, 0.1) is 6.61 Å². The highest BCUT2D eigenvalue weighted by Gasteiger charge is 2.03. The Morgan fingerprint density at radius 2 is 2.26 bits per heavy atom. The minimum absolute atomic E-state index is 0.625. The molecule has 0 unspecified atom stereocenters. The molecule has 0 spiro atoms. The quantitative estimate of drug-likeness (QED) is 0.826. The molecule has 0 saturated carbocycles. The van der Waals surface area contributed by atoms with Gasteiger partial charge in [0.2, 0.25) is 5.95 Å². The topological polar surface area (TPSA) is 39.1 Å². The highest BCUT2D eigenvalue weighted by molar-refractivity contribution is 5.54. The van der Waals surface area contributed by atoms with Gasteiger partial charge in [-0.3, -0.25) is 0 Å². The van der Waals surface area contributed by atoms with Crippen LogP contribution in [-0.4, -0.2) is 16.7 Å². The van der Waals surface area contributed by atoms with Gasteiger partial charge in [-0.25, -0.2) is 4.98 Å². The Bertz CT molecular complexity index is 508. The van der Waals surface area contributed by atoms with Crippen LogP contribution in [0.15, 0.2) is 36.7 Å². The highest BCUT2D eigenvalue weighted by Crippen LogP contribution is 2.17. The van der Waals surface area contributed by atoms with Crippen LogP contribution in [0.5, 0.6) is 0 Å². The van der Waals surface area contributed by atoms with Crippen LogP contribution in [0.25, 0.3) is 0 Å². The first-order valence-electron chi connectivity index (χ1n) is 6.69. The van der Waals surface area contributed by atoms with E-state index in [1.807, 2.05) is 24.5 Å². The smallest absolute Gasteiger partial charge is 0.207 e. The molecule has 1 N–H and O–H groups in total. The summed E-state index contributed by atoms with van der Waals surface area (Å²) >= 11 is 0. The van der Waals surface area contributed by atoms with Gasteiger partial charge in [0.15, 0.2) is 0 Å². The van der Waals surface area contributed by atoms with Crippen molar-refractivity contribution in [3.8, 4) is 0 Å². The molecule has 4 heteroatoms. The first-order valence-corrected chi connectivity index (χ1v) is 6.69. The van der Waals surface area contributed by atoms with E-state index in [0.717, 1.165) is 30.2 Å². The van der Waals surface area contributed by atoms with Crippen molar-refractivity contribution in [2.75, 3.05) is 12.4 Å². The van der Waals surface area contributed by atoms with Crippen molar-refractivity contribution in [2.24, 2.45) is 0 Å². The summed E-state index contributed by atoms with van der Waals surface area (Å²) in [4.78, 5) is 4.36. The Morgan fingerprint density at radius 1 is 1.37 bits per heavy atom. The Labute approximate surface area is 114 Å². The second-order valence-corrected chi connectivity index (χ2v) is 4.56. The molecule has 0 aliphatic carbocycles. The van der Waals surface area contributed by atoms with Crippen molar-refractivity contribution in [1.82, 2.24) is 9.55 Å². The van der Waals surface area contributed by atoms with Crippen molar-refractivity contribution in [3.05, 3.63) is 42.2 Å². The van der Waals surface area contributed by atoms with Gasteiger partial charge in [-0.2, -0.15) is 0 Å². The largest absolute Gasteiger partial charge is 0.380 e. The number of hydrogen-bond donors (Lipinski definition) is 1. The van der Waals surface area contributed by atoms with Crippen LogP contribution in [0.3, 0.4) is 0 Å². The monoisotopic (exact) mass is 259 g/mol. The van der Waals surface area contributed by atoms with E-state index >= 15 is 0 Å². The normalized spacial score (nSPS) is 10.6. The number of unbranched alkanes of at least 4 members (excludes halogenated alkanes) is 1. The van der Waals surface area contributed by atoms with Crippen LogP contribution < -0.4 is 5.32 Å². The molecule has 102 valence electrons. The Kier molecular flexibility index (Phi) is 4.98. The molecule has 1 heterocycles. The van der Waals surface area contributed by atoms with Crippen molar-refractivity contribution in [2.45, 2.75) is 32.9 Å². The maximum atomic E-state index is 5.15. The molecule has 0 aliphatic rings. The van der Waals surface area contributed by atoms with E-state index < -0.39 is 0 Å². The lowest BCUT2D eigenvalue weighted by Crippen LogP contribution is -2.03. The van der Waals surface area contributed by atoms with E-state index in [1.54, 1.807) is 7.11 Å². The predicted molar refractivity (Wildman–Crippen MR) is 77.6 cm³/mol. The number of benzene rings is 1. The number of anilines is 2. The van der Waals surface area contributed by atoms with E-state index in [2.05, 4.69) is 33.9 Å². The number of aromatic nitrogens is 2. The molecule has 0 radical (unpaired) electrons. The lowest BCUT2D eigenvalue weighted by molar-refractivity contribution is 0.185. The van der Waals surface area contributed by atoms with Crippen LogP contribution in [0.1, 0.15) is 25.3 Å². The van der Waals surface area contributed by atoms with Gasteiger partial charge in [0.1, 0.15) is 0 Å². The van der Waals surface area contributed by atoms with Crippen molar-refractivity contribution < 1.29 is 4.74 Å². The number of nitrogens with one attached hydrogen (secondary N) is 1. The highest BCUT2D eigenvalue weighted by atomic mass is 16.5. The van der Waals surface area contributed by atoms with Crippen LogP contribution in [0.4, 0.5) is 11.6 Å². The first kappa shape index (κ1) is 13.6. The van der Waals surface area contributed by atoms with Gasteiger partial charge in [0, 0.05) is 31.7 Å². The third kappa shape index (κ3) is 3.83. The summed E-state index contributed by atoms with van der Waals surface area (Å²) in [6.07, 6.45) is 6.18. The van der Waals surface area contributed by atoms with Gasteiger partial charge in [-0.05, 0) is 24.1 Å². The molecule has 0 fully saturated rings. The summed E-state index contributed by atoms with van der Waals surface area (Å²) in [6.45, 7) is 3.81. The number of rotatable bonds is 7.